The van der Waals surface area contributed by atoms with Crippen LogP contribution in [0.2, 0.25) is 0 Å². The first kappa shape index (κ1) is 12.1. The number of rotatable bonds is 1. The second-order valence-electron chi connectivity index (χ2n) is 5.13. The molecule has 3 rings (SSSR count). The molecule has 1 saturated heterocycles. The van der Waals surface area contributed by atoms with Gasteiger partial charge in [-0.15, -0.1) is 0 Å². The summed E-state index contributed by atoms with van der Waals surface area (Å²) in [6, 6.07) is 8.20. The van der Waals surface area contributed by atoms with Crippen LogP contribution < -0.4 is 0 Å². The molecule has 2 aliphatic rings. The van der Waals surface area contributed by atoms with E-state index in [9.17, 15) is 0 Å². The normalized spacial score (nSPS) is 35.1. The van der Waals surface area contributed by atoms with Crippen LogP contribution in [0.5, 0.6) is 0 Å². The second kappa shape index (κ2) is 4.63. The maximum Gasteiger partial charge on any atom is 0.201 e. The van der Waals surface area contributed by atoms with Crippen LogP contribution in [0.1, 0.15) is 44.1 Å². The molecule has 0 spiro atoms. The highest BCUT2D eigenvalue weighted by atomic mass is 17.3. The van der Waals surface area contributed by atoms with Crippen molar-refractivity contribution in [2.24, 2.45) is 5.92 Å². The standard InChI is InChI=1S/C14H18O4/c1-8(2)12-10-6-4-5-7-11(10)13-15-9(3)17-18-14(12)16-13/h4-9,12-14H,1-3H3/t9?,12-,13+,14+/m0/s1. The number of hydrogen-bond donors (Lipinski definition) is 0. The fourth-order valence-electron chi connectivity index (χ4n) is 2.65. The quantitative estimate of drug-likeness (QED) is 0.718. The predicted molar refractivity (Wildman–Crippen MR) is 64.4 cm³/mol. The van der Waals surface area contributed by atoms with Crippen molar-refractivity contribution >= 4 is 0 Å². The summed E-state index contributed by atoms with van der Waals surface area (Å²) in [6.07, 6.45) is -1.24. The summed E-state index contributed by atoms with van der Waals surface area (Å²) in [5, 5.41) is 0. The summed E-state index contributed by atoms with van der Waals surface area (Å²) in [5.74, 6) is 0.556. The van der Waals surface area contributed by atoms with E-state index in [1.165, 1.54) is 5.56 Å². The fraction of sp³-hybridized carbons (Fsp3) is 0.571. The van der Waals surface area contributed by atoms with Gasteiger partial charge in [-0.1, -0.05) is 38.1 Å². The first-order chi connectivity index (χ1) is 8.66. The van der Waals surface area contributed by atoms with Gasteiger partial charge in [0.05, 0.1) is 0 Å². The SMILES string of the molecule is CC1OO[C@H]2O[C@@H](O1)c1ccccc1[C@@H]2C(C)C. The molecule has 0 aromatic heterocycles. The van der Waals surface area contributed by atoms with Gasteiger partial charge in [0.1, 0.15) is 0 Å². The van der Waals surface area contributed by atoms with Crippen LogP contribution in [-0.2, 0) is 19.2 Å². The van der Waals surface area contributed by atoms with Crippen molar-refractivity contribution in [2.45, 2.75) is 45.6 Å². The topological polar surface area (TPSA) is 36.9 Å². The highest BCUT2D eigenvalue weighted by Gasteiger charge is 2.42. The third kappa shape index (κ3) is 1.95. The van der Waals surface area contributed by atoms with Gasteiger partial charge in [-0.3, -0.25) is 0 Å². The lowest BCUT2D eigenvalue weighted by atomic mass is 9.83. The van der Waals surface area contributed by atoms with E-state index in [0.717, 1.165) is 5.56 Å². The smallest absolute Gasteiger partial charge is 0.201 e. The zero-order valence-electron chi connectivity index (χ0n) is 10.8. The van der Waals surface area contributed by atoms with Crippen LogP contribution in [0, 0.1) is 5.92 Å². The van der Waals surface area contributed by atoms with Gasteiger partial charge < -0.3 is 9.47 Å². The molecular formula is C14H18O4. The Bertz CT molecular complexity index is 432. The van der Waals surface area contributed by atoms with Crippen LogP contribution in [0.25, 0.3) is 0 Å². The van der Waals surface area contributed by atoms with E-state index in [4.69, 9.17) is 19.2 Å². The van der Waals surface area contributed by atoms with E-state index in [2.05, 4.69) is 19.9 Å². The van der Waals surface area contributed by atoms with Crippen molar-refractivity contribution in [1.82, 2.24) is 0 Å². The molecule has 0 N–H and O–H groups in total. The lowest BCUT2D eigenvalue weighted by molar-refractivity contribution is -0.400. The lowest BCUT2D eigenvalue weighted by Crippen LogP contribution is -2.34. The highest BCUT2D eigenvalue weighted by Crippen LogP contribution is 2.44. The van der Waals surface area contributed by atoms with Crippen molar-refractivity contribution in [2.75, 3.05) is 0 Å². The molecule has 2 heterocycles. The number of fused-ring (bicyclic) bond motifs is 4. The zero-order valence-corrected chi connectivity index (χ0v) is 10.8. The van der Waals surface area contributed by atoms with Gasteiger partial charge in [-0.25, -0.2) is 9.78 Å². The van der Waals surface area contributed by atoms with E-state index in [-0.39, 0.29) is 5.92 Å². The van der Waals surface area contributed by atoms with E-state index >= 15 is 0 Å². The van der Waals surface area contributed by atoms with E-state index < -0.39 is 18.9 Å². The monoisotopic (exact) mass is 250 g/mol. The third-order valence-electron chi connectivity index (χ3n) is 3.48. The van der Waals surface area contributed by atoms with Crippen LogP contribution >= 0.6 is 0 Å². The summed E-state index contributed by atoms with van der Waals surface area (Å²) < 4.78 is 11.5. The summed E-state index contributed by atoms with van der Waals surface area (Å²) in [5.41, 5.74) is 2.31. The second-order valence-corrected chi connectivity index (χ2v) is 5.13. The van der Waals surface area contributed by atoms with Crippen molar-refractivity contribution < 1.29 is 19.2 Å². The van der Waals surface area contributed by atoms with Crippen LogP contribution in [-0.4, -0.2) is 12.6 Å². The molecule has 0 saturated carbocycles. The first-order valence-electron chi connectivity index (χ1n) is 6.38. The molecule has 4 heteroatoms. The van der Waals surface area contributed by atoms with Gasteiger partial charge in [0.2, 0.25) is 6.29 Å². The highest BCUT2D eigenvalue weighted by molar-refractivity contribution is 5.34. The Kier molecular flexibility index (Phi) is 3.11. The molecular weight excluding hydrogens is 232 g/mol. The fourth-order valence-corrected chi connectivity index (χ4v) is 2.65. The minimum Gasteiger partial charge on any atom is -0.317 e. The van der Waals surface area contributed by atoms with Gasteiger partial charge in [0.25, 0.3) is 0 Å². The van der Waals surface area contributed by atoms with Crippen LogP contribution in [0.4, 0.5) is 0 Å². The van der Waals surface area contributed by atoms with Crippen LogP contribution in [0.15, 0.2) is 24.3 Å². The summed E-state index contributed by atoms with van der Waals surface area (Å²) >= 11 is 0. The Balaban J connectivity index is 2.06. The van der Waals surface area contributed by atoms with E-state index in [0.29, 0.717) is 5.92 Å². The Hall–Kier alpha value is -0.940. The Morgan fingerprint density at radius 2 is 1.72 bits per heavy atom. The predicted octanol–water partition coefficient (Wildman–Crippen LogP) is 3.11. The Morgan fingerprint density at radius 3 is 2.44 bits per heavy atom. The van der Waals surface area contributed by atoms with Gasteiger partial charge in [-0.2, -0.15) is 0 Å². The molecule has 2 bridgehead atoms. The molecule has 4 atom stereocenters. The molecule has 0 aliphatic carbocycles. The molecule has 1 aromatic carbocycles. The number of hydrogen-bond acceptors (Lipinski definition) is 4. The summed E-state index contributed by atoms with van der Waals surface area (Å²) in [7, 11) is 0. The zero-order chi connectivity index (χ0) is 12.7. The van der Waals surface area contributed by atoms with Gasteiger partial charge in [0.15, 0.2) is 12.6 Å². The first-order valence-corrected chi connectivity index (χ1v) is 6.38. The molecule has 2 aliphatic heterocycles. The largest absolute Gasteiger partial charge is 0.317 e. The average molecular weight is 250 g/mol. The minimum absolute atomic E-state index is 0.159. The van der Waals surface area contributed by atoms with Crippen molar-refractivity contribution in [3.63, 3.8) is 0 Å². The van der Waals surface area contributed by atoms with Crippen molar-refractivity contribution in [3.8, 4) is 0 Å². The molecule has 1 aromatic rings. The maximum absolute atomic E-state index is 5.85. The number of ether oxygens (including phenoxy) is 2. The summed E-state index contributed by atoms with van der Waals surface area (Å²) in [6.45, 7) is 6.12. The molecule has 98 valence electrons. The maximum atomic E-state index is 5.85. The molecule has 1 unspecified atom stereocenters. The van der Waals surface area contributed by atoms with Gasteiger partial charge >= 0.3 is 0 Å². The lowest BCUT2D eigenvalue weighted by Gasteiger charge is -2.36. The van der Waals surface area contributed by atoms with Crippen molar-refractivity contribution in [3.05, 3.63) is 35.4 Å². The Labute approximate surface area is 107 Å². The number of benzene rings is 1. The molecule has 0 radical (unpaired) electrons. The molecule has 0 amide bonds. The summed E-state index contributed by atoms with van der Waals surface area (Å²) in [4.78, 5) is 10.6. The molecule has 4 nitrogen and oxygen atoms in total. The molecule has 1 fully saturated rings. The van der Waals surface area contributed by atoms with Gasteiger partial charge in [-0.05, 0) is 18.4 Å². The van der Waals surface area contributed by atoms with E-state index in [1.54, 1.807) is 6.92 Å². The average Bonchev–Trinajstić information content (AvgIpc) is 2.50. The minimum atomic E-state index is -0.432. The van der Waals surface area contributed by atoms with E-state index in [1.807, 2.05) is 18.2 Å². The third-order valence-corrected chi connectivity index (χ3v) is 3.48. The van der Waals surface area contributed by atoms with Gasteiger partial charge in [0, 0.05) is 11.5 Å². The Morgan fingerprint density at radius 1 is 1.00 bits per heavy atom. The molecule has 18 heavy (non-hydrogen) atoms. The van der Waals surface area contributed by atoms with Crippen molar-refractivity contribution in [1.29, 1.82) is 0 Å². The van der Waals surface area contributed by atoms with Crippen LogP contribution in [0.3, 0.4) is 0 Å².